The van der Waals surface area contributed by atoms with E-state index < -0.39 is 5.41 Å². The summed E-state index contributed by atoms with van der Waals surface area (Å²) in [5.41, 5.74) is 15.6. The van der Waals surface area contributed by atoms with E-state index in [0.29, 0.717) is 0 Å². The molecule has 0 bridgehead atoms. The van der Waals surface area contributed by atoms with Gasteiger partial charge in [0.15, 0.2) is 0 Å². The third-order valence-corrected chi connectivity index (χ3v) is 14.0. The van der Waals surface area contributed by atoms with Gasteiger partial charge in [-0.25, -0.2) is 0 Å². The summed E-state index contributed by atoms with van der Waals surface area (Å²) in [4.78, 5) is 2.43. The fourth-order valence-corrected chi connectivity index (χ4v) is 11.2. The molecule has 10 aromatic carbocycles. The van der Waals surface area contributed by atoms with Crippen LogP contribution in [-0.4, -0.2) is 0 Å². The highest BCUT2D eigenvalue weighted by Gasteiger charge is 2.46. The number of hydrogen-bond acceptors (Lipinski definition) is 2. The number of benzene rings is 10. The van der Waals surface area contributed by atoms with Crippen LogP contribution in [-0.2, 0) is 5.41 Å². The van der Waals surface area contributed by atoms with Crippen LogP contribution in [0.1, 0.15) is 22.3 Å². The van der Waals surface area contributed by atoms with Crippen molar-refractivity contribution in [3.63, 3.8) is 0 Å². The van der Waals surface area contributed by atoms with Gasteiger partial charge in [-0.05, 0) is 104 Å². The topological polar surface area (TPSA) is 3.24 Å². The molecule has 0 radical (unpaired) electrons. The number of thiophene rings is 1. The Bertz CT molecular complexity index is 3350. The lowest BCUT2D eigenvalue weighted by atomic mass is 9.67. The minimum absolute atomic E-state index is 0.447. The smallest absolute Gasteiger partial charge is 0.0713 e. The molecule has 11 aromatic rings. The summed E-state index contributed by atoms with van der Waals surface area (Å²) in [6, 6.07) is 87.2. The van der Waals surface area contributed by atoms with E-state index in [-0.39, 0.29) is 0 Å². The van der Waals surface area contributed by atoms with Crippen molar-refractivity contribution in [2.24, 2.45) is 0 Å². The van der Waals surface area contributed by atoms with Crippen LogP contribution in [0.4, 0.5) is 17.1 Å². The van der Waals surface area contributed by atoms with Gasteiger partial charge in [0.1, 0.15) is 0 Å². The summed E-state index contributed by atoms with van der Waals surface area (Å²) < 4.78 is 2.60. The van der Waals surface area contributed by atoms with E-state index in [0.717, 1.165) is 17.1 Å². The Morgan fingerprint density at radius 2 is 0.852 bits per heavy atom. The van der Waals surface area contributed by atoms with Crippen molar-refractivity contribution in [2.75, 3.05) is 4.90 Å². The molecule has 0 amide bonds. The van der Waals surface area contributed by atoms with Crippen molar-refractivity contribution in [2.45, 2.75) is 5.41 Å². The van der Waals surface area contributed by atoms with Crippen molar-refractivity contribution in [3.05, 3.63) is 259 Å². The predicted molar refractivity (Wildman–Crippen MR) is 260 cm³/mol. The van der Waals surface area contributed by atoms with Gasteiger partial charge in [0, 0.05) is 42.3 Å². The summed E-state index contributed by atoms with van der Waals surface area (Å²) in [5, 5.41) is 5.05. The summed E-state index contributed by atoms with van der Waals surface area (Å²) in [5.74, 6) is 0. The molecule has 1 nitrogen and oxygen atoms in total. The number of rotatable bonds is 7. The largest absolute Gasteiger partial charge is 0.310 e. The molecule has 286 valence electrons. The van der Waals surface area contributed by atoms with E-state index in [9.17, 15) is 0 Å². The molecule has 1 aliphatic carbocycles. The normalized spacial score (nSPS) is 12.7. The van der Waals surface area contributed by atoms with E-state index in [1.54, 1.807) is 0 Å². The second-order valence-electron chi connectivity index (χ2n) is 16.0. The summed E-state index contributed by atoms with van der Waals surface area (Å²) in [6.07, 6.45) is 0. The van der Waals surface area contributed by atoms with Gasteiger partial charge in [-0.1, -0.05) is 188 Å². The molecule has 0 spiro atoms. The predicted octanol–water partition coefficient (Wildman–Crippen LogP) is 16.4. The zero-order valence-electron chi connectivity index (χ0n) is 33.4. The molecule has 0 fully saturated rings. The highest BCUT2D eigenvalue weighted by Crippen LogP contribution is 2.57. The van der Waals surface area contributed by atoms with E-state index in [1.165, 1.54) is 86.6 Å². The van der Waals surface area contributed by atoms with Gasteiger partial charge >= 0.3 is 0 Å². The Kier molecular flexibility index (Phi) is 8.33. The van der Waals surface area contributed by atoms with Crippen LogP contribution < -0.4 is 4.90 Å². The van der Waals surface area contributed by atoms with Crippen LogP contribution in [0.3, 0.4) is 0 Å². The van der Waals surface area contributed by atoms with Crippen molar-refractivity contribution in [1.29, 1.82) is 0 Å². The average Bonchev–Trinajstić information content (AvgIpc) is 3.86. The average molecular weight is 794 g/mol. The first kappa shape index (κ1) is 35.4. The van der Waals surface area contributed by atoms with E-state index in [1.807, 2.05) is 11.3 Å². The Morgan fingerprint density at radius 1 is 0.328 bits per heavy atom. The van der Waals surface area contributed by atoms with Crippen molar-refractivity contribution in [1.82, 2.24) is 0 Å². The number of anilines is 3. The number of nitrogens with zero attached hydrogens (tertiary/aromatic N) is 1. The molecule has 0 aliphatic heterocycles. The maximum Gasteiger partial charge on any atom is 0.0713 e. The van der Waals surface area contributed by atoms with Crippen molar-refractivity contribution < 1.29 is 0 Å². The molecule has 1 aromatic heterocycles. The molecular formula is C59H39NS. The zero-order chi connectivity index (χ0) is 40.3. The second-order valence-corrected chi connectivity index (χ2v) is 17.1. The van der Waals surface area contributed by atoms with E-state index in [4.69, 9.17) is 0 Å². The molecule has 12 rings (SSSR count). The Morgan fingerprint density at radius 3 is 1.57 bits per heavy atom. The Labute approximate surface area is 360 Å². The third-order valence-electron chi connectivity index (χ3n) is 12.7. The maximum absolute atomic E-state index is 2.47. The van der Waals surface area contributed by atoms with Crippen LogP contribution in [0.2, 0.25) is 0 Å². The lowest BCUT2D eigenvalue weighted by Gasteiger charge is -2.34. The van der Waals surface area contributed by atoms with Gasteiger partial charge in [0.2, 0.25) is 0 Å². The molecule has 0 saturated heterocycles. The SMILES string of the molecule is c1ccc(-c2ccc(N(c3ccccc3)c3cc4c5cc(-c6ccc7c(c6)C(c6ccccc6)(c6ccccc6)c6ccccc6-7)ccc5sc4c4ccccc34)cc2)cc1. The van der Waals surface area contributed by atoms with Crippen molar-refractivity contribution >= 4 is 59.3 Å². The first-order valence-electron chi connectivity index (χ1n) is 21.0. The highest BCUT2D eigenvalue weighted by atomic mass is 32.1. The Balaban J connectivity index is 1.05. The van der Waals surface area contributed by atoms with E-state index in [2.05, 4.69) is 241 Å². The van der Waals surface area contributed by atoms with Gasteiger partial charge in [0.25, 0.3) is 0 Å². The van der Waals surface area contributed by atoms with Gasteiger partial charge < -0.3 is 4.90 Å². The number of para-hydroxylation sites is 1. The number of fused-ring (bicyclic) bond motifs is 8. The summed E-state index contributed by atoms with van der Waals surface area (Å²) in [6.45, 7) is 0. The molecule has 1 aliphatic rings. The van der Waals surface area contributed by atoms with Crippen LogP contribution in [0, 0.1) is 0 Å². The molecule has 0 N–H and O–H groups in total. The second kappa shape index (κ2) is 14.3. The first-order chi connectivity index (χ1) is 30.3. The fraction of sp³-hybridized carbons (Fsp3) is 0.0169. The van der Waals surface area contributed by atoms with Gasteiger partial charge in [-0.2, -0.15) is 0 Å². The lowest BCUT2D eigenvalue weighted by Crippen LogP contribution is -2.28. The maximum atomic E-state index is 2.47. The molecule has 61 heavy (non-hydrogen) atoms. The molecule has 2 heteroatoms. The fourth-order valence-electron chi connectivity index (χ4n) is 10.0. The summed E-state index contributed by atoms with van der Waals surface area (Å²) >= 11 is 1.89. The lowest BCUT2D eigenvalue weighted by molar-refractivity contribution is 0.769. The number of hydrogen-bond donors (Lipinski definition) is 0. The van der Waals surface area contributed by atoms with Gasteiger partial charge in [-0.3, -0.25) is 0 Å². The summed E-state index contributed by atoms with van der Waals surface area (Å²) in [7, 11) is 0. The quantitative estimate of drug-likeness (QED) is 0.155. The van der Waals surface area contributed by atoms with Crippen LogP contribution in [0.25, 0.3) is 64.3 Å². The molecule has 0 atom stereocenters. The van der Waals surface area contributed by atoms with Gasteiger partial charge in [-0.15, -0.1) is 11.3 Å². The molecular weight excluding hydrogens is 755 g/mol. The molecule has 0 unspecified atom stereocenters. The monoisotopic (exact) mass is 793 g/mol. The van der Waals surface area contributed by atoms with E-state index >= 15 is 0 Å². The van der Waals surface area contributed by atoms with Crippen molar-refractivity contribution in [3.8, 4) is 33.4 Å². The standard InChI is InChI=1S/C59H39NS/c1-5-17-40(18-6-1)41-29-33-47(34-30-41)60(46-23-11-4-12-24-46)56-39-53-52-37-42(32-36-57(52)61-58(53)51-27-14-13-26-50(51)56)43-31-35-49-48-25-15-16-28-54(48)59(55(49)38-43,44-19-7-2-8-20-44)45-21-9-3-10-22-45/h1-39H. The third kappa shape index (κ3) is 5.60. The molecule has 0 saturated carbocycles. The zero-order valence-corrected chi connectivity index (χ0v) is 34.2. The van der Waals surface area contributed by atoms with Crippen LogP contribution in [0.15, 0.2) is 237 Å². The van der Waals surface area contributed by atoms with Crippen LogP contribution in [0.5, 0.6) is 0 Å². The minimum Gasteiger partial charge on any atom is -0.310 e. The van der Waals surface area contributed by atoms with Crippen LogP contribution >= 0.6 is 11.3 Å². The Hall–Kier alpha value is -7.52. The minimum atomic E-state index is -0.447. The highest BCUT2D eigenvalue weighted by molar-refractivity contribution is 7.26. The molecule has 1 heterocycles. The first-order valence-corrected chi connectivity index (χ1v) is 21.8. The van der Waals surface area contributed by atoms with Gasteiger partial charge in [0.05, 0.1) is 11.1 Å².